The topological polar surface area (TPSA) is 6.48 Å². The Kier molecular flexibility index (Phi) is 11.3. The standard InChI is InChI=1S/C70H52N2S4/c1-69(2)57-41-45(25-29-53(57)55-31-27-51(43-59(55)69)71(47-17-9-5-10-18-47)48-19-11-6-12-20-48)61-33-35-63(73-61)65-37-39-67(75-65)68-40-38-66(76-68)64-36-34-62(74-64)46-26-30-54-56-32-28-52(44-60(56)70(3,4)58(54)42-46)72(49-21-13-7-14-22-49)50-23-15-8-16-24-50/h5-44H,1-4H3. The van der Waals surface area contributed by atoms with E-state index >= 15 is 0 Å². The molecule has 0 saturated carbocycles. The molecular weight excluding hydrogens is 997 g/mol. The molecule has 0 aliphatic heterocycles. The zero-order valence-corrected chi connectivity index (χ0v) is 45.9. The van der Waals surface area contributed by atoms with Crippen LogP contribution in [0.15, 0.2) is 243 Å². The van der Waals surface area contributed by atoms with E-state index in [1.807, 2.05) is 45.3 Å². The largest absolute Gasteiger partial charge is 0.310 e. The van der Waals surface area contributed by atoms with Crippen LogP contribution in [0.25, 0.3) is 72.4 Å². The smallest absolute Gasteiger partial charge is 0.0465 e. The Hall–Kier alpha value is -7.84. The van der Waals surface area contributed by atoms with E-state index in [9.17, 15) is 0 Å². The average molecular weight is 1050 g/mol. The Morgan fingerprint density at radius 2 is 0.487 bits per heavy atom. The number of hydrogen-bond donors (Lipinski definition) is 0. The minimum Gasteiger partial charge on any atom is -0.310 e. The van der Waals surface area contributed by atoms with E-state index < -0.39 is 0 Å². The molecule has 0 unspecified atom stereocenters. The lowest BCUT2D eigenvalue weighted by Crippen LogP contribution is -2.16. The molecule has 6 heteroatoms. The fraction of sp³-hybridized carbons (Fsp3) is 0.0857. The summed E-state index contributed by atoms with van der Waals surface area (Å²) in [6.07, 6.45) is 0. The maximum Gasteiger partial charge on any atom is 0.0465 e. The van der Waals surface area contributed by atoms with Gasteiger partial charge in [-0.25, -0.2) is 0 Å². The number of benzene rings is 8. The van der Waals surface area contributed by atoms with Gasteiger partial charge in [-0.3, -0.25) is 0 Å². The number of rotatable bonds is 11. The summed E-state index contributed by atoms with van der Waals surface area (Å²) in [7, 11) is 0. The molecule has 0 N–H and O–H groups in total. The van der Waals surface area contributed by atoms with Crippen LogP contribution in [0.4, 0.5) is 34.1 Å². The average Bonchev–Trinajstić information content (AvgIpc) is 4.40. The molecule has 2 aliphatic rings. The van der Waals surface area contributed by atoms with Crippen molar-refractivity contribution < 1.29 is 0 Å². The van der Waals surface area contributed by atoms with E-state index in [0.717, 1.165) is 22.7 Å². The molecule has 0 atom stereocenters. The first-order valence-electron chi connectivity index (χ1n) is 26.0. The van der Waals surface area contributed by atoms with Gasteiger partial charge < -0.3 is 9.80 Å². The van der Waals surface area contributed by atoms with Gasteiger partial charge >= 0.3 is 0 Å². The predicted octanol–water partition coefficient (Wildman–Crippen LogP) is 21.8. The predicted molar refractivity (Wildman–Crippen MR) is 330 cm³/mol. The summed E-state index contributed by atoms with van der Waals surface area (Å²) in [5.74, 6) is 0. The van der Waals surface area contributed by atoms with Crippen LogP contribution >= 0.6 is 45.3 Å². The molecule has 8 aromatic carbocycles. The second-order valence-electron chi connectivity index (χ2n) is 20.9. The Morgan fingerprint density at radius 1 is 0.237 bits per heavy atom. The summed E-state index contributed by atoms with van der Waals surface area (Å²) < 4.78 is 0. The van der Waals surface area contributed by atoms with E-state index in [1.54, 1.807) is 0 Å². The van der Waals surface area contributed by atoms with E-state index in [0.29, 0.717) is 0 Å². The van der Waals surface area contributed by atoms with Gasteiger partial charge in [0.15, 0.2) is 0 Å². The van der Waals surface area contributed by atoms with Gasteiger partial charge in [0.1, 0.15) is 0 Å². The molecule has 0 fully saturated rings. The van der Waals surface area contributed by atoms with Gasteiger partial charge in [-0.1, -0.05) is 137 Å². The molecule has 2 aliphatic carbocycles. The molecule has 14 rings (SSSR count). The molecule has 2 nitrogen and oxygen atoms in total. The first kappa shape index (κ1) is 46.7. The van der Waals surface area contributed by atoms with Gasteiger partial charge in [-0.15, -0.1) is 45.3 Å². The van der Waals surface area contributed by atoms with E-state index in [2.05, 4.69) is 280 Å². The van der Waals surface area contributed by atoms with Crippen LogP contribution in [0, 0.1) is 0 Å². The lowest BCUT2D eigenvalue weighted by molar-refractivity contribution is 0.660. The van der Waals surface area contributed by atoms with Crippen LogP contribution in [0.3, 0.4) is 0 Å². The number of anilines is 6. The molecule has 0 bridgehead atoms. The van der Waals surface area contributed by atoms with Crippen molar-refractivity contribution >= 4 is 79.5 Å². The van der Waals surface area contributed by atoms with Crippen molar-refractivity contribution in [1.29, 1.82) is 0 Å². The van der Waals surface area contributed by atoms with E-state index in [-0.39, 0.29) is 10.8 Å². The highest BCUT2D eigenvalue weighted by molar-refractivity contribution is 7.29. The van der Waals surface area contributed by atoms with Crippen molar-refractivity contribution in [2.75, 3.05) is 9.80 Å². The normalized spacial score (nSPS) is 13.5. The quantitative estimate of drug-likeness (QED) is 0.127. The summed E-state index contributed by atoms with van der Waals surface area (Å²) in [4.78, 5) is 15.2. The summed E-state index contributed by atoms with van der Waals surface area (Å²) in [5, 5.41) is 0. The molecular formula is C70H52N2S4. The summed E-state index contributed by atoms with van der Waals surface area (Å²) in [6.45, 7) is 9.54. The summed E-state index contributed by atoms with van der Waals surface area (Å²) in [6, 6.07) is 89.6. The Balaban J connectivity index is 0.685. The molecule has 0 spiro atoms. The second-order valence-corrected chi connectivity index (χ2v) is 25.2. The van der Waals surface area contributed by atoms with Crippen molar-refractivity contribution in [3.05, 3.63) is 265 Å². The van der Waals surface area contributed by atoms with E-state index in [1.165, 1.54) is 106 Å². The first-order valence-corrected chi connectivity index (χ1v) is 29.2. The fourth-order valence-corrected chi connectivity index (χ4v) is 16.0. The molecule has 0 amide bonds. The van der Waals surface area contributed by atoms with Crippen LogP contribution in [0.1, 0.15) is 49.9 Å². The maximum atomic E-state index is 2.45. The van der Waals surface area contributed by atoms with Gasteiger partial charge in [0, 0.05) is 84.0 Å². The van der Waals surface area contributed by atoms with E-state index in [4.69, 9.17) is 0 Å². The molecule has 0 saturated heterocycles. The molecule has 0 radical (unpaired) electrons. The van der Waals surface area contributed by atoms with Gasteiger partial charge in [0.05, 0.1) is 0 Å². The Bertz CT molecular complexity index is 3770. The van der Waals surface area contributed by atoms with Crippen molar-refractivity contribution in [1.82, 2.24) is 0 Å². The van der Waals surface area contributed by atoms with Crippen LogP contribution in [0.5, 0.6) is 0 Å². The first-order chi connectivity index (χ1) is 37.2. The van der Waals surface area contributed by atoms with Gasteiger partial charge in [0.2, 0.25) is 0 Å². The van der Waals surface area contributed by atoms with Crippen molar-refractivity contribution in [2.45, 2.75) is 38.5 Å². The highest BCUT2D eigenvalue weighted by Crippen LogP contribution is 2.55. The zero-order chi connectivity index (χ0) is 51.1. The van der Waals surface area contributed by atoms with Gasteiger partial charge in [-0.05, 0) is 189 Å². The monoisotopic (exact) mass is 1050 g/mol. The SMILES string of the molecule is CC1(C)c2cc(-c3ccc(-c4ccc(-c5ccc(-c6ccc(-c7ccc8c(c7)C(C)(C)c7cc(N(c9ccccc9)c9ccccc9)ccc7-8)s6)s5)s4)s3)ccc2-c2ccc(N(c3ccccc3)c3ccccc3)cc21. The van der Waals surface area contributed by atoms with Crippen LogP contribution in [-0.2, 0) is 10.8 Å². The lowest BCUT2D eigenvalue weighted by atomic mass is 9.81. The van der Waals surface area contributed by atoms with Gasteiger partial charge in [0.25, 0.3) is 0 Å². The Morgan fingerprint density at radius 3 is 0.789 bits per heavy atom. The van der Waals surface area contributed by atoms with Crippen molar-refractivity contribution in [3.8, 4) is 72.4 Å². The molecule has 76 heavy (non-hydrogen) atoms. The molecule has 4 heterocycles. The molecule has 12 aromatic rings. The number of hydrogen-bond acceptors (Lipinski definition) is 6. The lowest BCUT2D eigenvalue weighted by Gasteiger charge is -2.28. The highest BCUT2D eigenvalue weighted by atomic mass is 32.1. The third-order valence-corrected chi connectivity index (χ3v) is 20.6. The fourth-order valence-electron chi connectivity index (χ4n) is 11.7. The highest BCUT2D eigenvalue weighted by Gasteiger charge is 2.38. The second kappa shape index (κ2) is 18.5. The minimum absolute atomic E-state index is 0.157. The van der Waals surface area contributed by atoms with Crippen LogP contribution in [-0.4, -0.2) is 0 Å². The number of fused-ring (bicyclic) bond motifs is 6. The minimum atomic E-state index is -0.157. The van der Waals surface area contributed by atoms with Gasteiger partial charge in [-0.2, -0.15) is 0 Å². The number of para-hydroxylation sites is 4. The molecule has 366 valence electrons. The van der Waals surface area contributed by atoms with Crippen LogP contribution < -0.4 is 9.80 Å². The summed E-state index contributed by atoms with van der Waals surface area (Å²) >= 11 is 7.57. The molecule has 4 aromatic heterocycles. The van der Waals surface area contributed by atoms with Crippen molar-refractivity contribution in [3.63, 3.8) is 0 Å². The number of thiophene rings is 4. The number of nitrogens with zero attached hydrogens (tertiary/aromatic N) is 2. The Labute approximate surface area is 461 Å². The third kappa shape index (κ3) is 7.93. The summed E-state index contributed by atoms with van der Waals surface area (Å²) in [5.41, 5.74) is 20.0. The zero-order valence-electron chi connectivity index (χ0n) is 42.6. The van der Waals surface area contributed by atoms with Crippen LogP contribution in [0.2, 0.25) is 0 Å². The maximum absolute atomic E-state index is 2.45. The third-order valence-electron chi connectivity index (χ3n) is 15.6. The van der Waals surface area contributed by atoms with Crippen molar-refractivity contribution in [2.24, 2.45) is 0 Å².